The van der Waals surface area contributed by atoms with Crippen LogP contribution in [0.2, 0.25) is 5.02 Å². The number of nitrogens with zero attached hydrogens (tertiary/aromatic N) is 2. The van der Waals surface area contributed by atoms with Crippen LogP contribution in [0, 0.1) is 11.3 Å². The van der Waals surface area contributed by atoms with Crippen LogP contribution in [0.1, 0.15) is 12.5 Å². The van der Waals surface area contributed by atoms with Crippen LogP contribution in [0.3, 0.4) is 0 Å². The summed E-state index contributed by atoms with van der Waals surface area (Å²) in [7, 11) is 0. The molecule has 0 atom stereocenters. The average Bonchev–Trinajstić information content (AvgIpc) is 3.16. The molecule has 0 unspecified atom stereocenters. The molecular formula is C21H16ClN3O2S. The molecule has 0 fully saturated rings. The van der Waals surface area contributed by atoms with Gasteiger partial charge < -0.3 is 4.74 Å². The van der Waals surface area contributed by atoms with Crippen LogP contribution in [0.5, 0.6) is 5.75 Å². The van der Waals surface area contributed by atoms with Crippen molar-refractivity contribution in [3.63, 3.8) is 0 Å². The molecule has 3 aromatic rings. The number of aromatic nitrogens is 1. The highest BCUT2D eigenvalue weighted by Crippen LogP contribution is 2.30. The minimum absolute atomic E-state index is 0.0151. The first-order chi connectivity index (χ1) is 13.6. The van der Waals surface area contributed by atoms with Gasteiger partial charge in [-0.05, 0) is 36.8 Å². The highest BCUT2D eigenvalue weighted by atomic mass is 35.5. The van der Waals surface area contributed by atoms with Gasteiger partial charge in [-0.15, -0.1) is 11.3 Å². The van der Waals surface area contributed by atoms with Crippen LogP contribution >= 0.6 is 22.9 Å². The third-order valence-electron chi connectivity index (χ3n) is 3.74. The van der Waals surface area contributed by atoms with Crippen molar-refractivity contribution >= 4 is 40.1 Å². The molecule has 28 heavy (non-hydrogen) atoms. The predicted octanol–water partition coefficient (Wildman–Crippen LogP) is 5.41. The van der Waals surface area contributed by atoms with Crippen molar-refractivity contribution in [2.45, 2.75) is 6.92 Å². The van der Waals surface area contributed by atoms with Gasteiger partial charge in [0.15, 0.2) is 5.13 Å². The summed E-state index contributed by atoms with van der Waals surface area (Å²) in [6.45, 7) is 2.48. The first kappa shape index (κ1) is 19.6. The van der Waals surface area contributed by atoms with Gasteiger partial charge in [-0.25, -0.2) is 4.98 Å². The summed E-state index contributed by atoms with van der Waals surface area (Å²) in [6, 6.07) is 16.4. The Morgan fingerprint density at radius 2 is 2.04 bits per heavy atom. The number of thiazole rings is 1. The Morgan fingerprint density at radius 1 is 1.29 bits per heavy atom. The Morgan fingerprint density at radius 3 is 2.71 bits per heavy atom. The molecule has 1 heterocycles. The van der Waals surface area contributed by atoms with E-state index in [4.69, 9.17) is 16.3 Å². The highest BCUT2D eigenvalue weighted by Gasteiger charge is 2.13. The predicted molar refractivity (Wildman–Crippen MR) is 112 cm³/mol. The second-order valence-electron chi connectivity index (χ2n) is 5.64. The lowest BCUT2D eigenvalue weighted by molar-refractivity contribution is -0.112. The zero-order valence-corrected chi connectivity index (χ0v) is 16.6. The molecule has 1 aromatic heterocycles. The topological polar surface area (TPSA) is 75.0 Å². The molecule has 0 saturated carbocycles. The summed E-state index contributed by atoms with van der Waals surface area (Å²) >= 11 is 7.45. The van der Waals surface area contributed by atoms with Gasteiger partial charge in [-0.2, -0.15) is 5.26 Å². The van der Waals surface area contributed by atoms with E-state index in [1.54, 1.807) is 35.7 Å². The van der Waals surface area contributed by atoms with Gasteiger partial charge in [0.2, 0.25) is 0 Å². The maximum atomic E-state index is 12.4. The quantitative estimate of drug-likeness (QED) is 0.436. The average molecular weight is 410 g/mol. The molecule has 0 aliphatic carbocycles. The number of halogens is 1. The molecule has 0 spiro atoms. The first-order valence-electron chi connectivity index (χ1n) is 8.47. The summed E-state index contributed by atoms with van der Waals surface area (Å²) < 4.78 is 5.38. The molecule has 1 amide bonds. The number of benzene rings is 2. The molecule has 0 saturated heterocycles. The lowest BCUT2D eigenvalue weighted by atomic mass is 10.1. The molecule has 140 valence electrons. The third-order valence-corrected chi connectivity index (χ3v) is 4.83. The minimum Gasteiger partial charge on any atom is -0.494 e. The Hall–Kier alpha value is -3.14. The Labute approximate surface area is 171 Å². The molecule has 0 aliphatic rings. The summed E-state index contributed by atoms with van der Waals surface area (Å²) in [4.78, 5) is 16.8. The number of carbonyl (C=O) groups is 1. The first-order valence-corrected chi connectivity index (χ1v) is 9.73. The Bertz CT molecular complexity index is 1050. The van der Waals surface area contributed by atoms with Crippen molar-refractivity contribution in [2.75, 3.05) is 11.9 Å². The van der Waals surface area contributed by atoms with Crippen molar-refractivity contribution < 1.29 is 9.53 Å². The molecule has 2 aromatic carbocycles. The van der Waals surface area contributed by atoms with Crippen LogP contribution in [-0.4, -0.2) is 17.5 Å². The number of carbonyl (C=O) groups excluding carboxylic acids is 1. The van der Waals surface area contributed by atoms with Crippen LogP contribution < -0.4 is 10.1 Å². The molecule has 3 rings (SSSR count). The van der Waals surface area contributed by atoms with E-state index in [1.165, 1.54) is 17.4 Å². The molecule has 0 radical (unpaired) electrons. The molecule has 0 bridgehead atoms. The van der Waals surface area contributed by atoms with E-state index in [9.17, 15) is 10.1 Å². The fourth-order valence-electron chi connectivity index (χ4n) is 2.43. The number of rotatable bonds is 6. The number of anilines is 1. The highest BCUT2D eigenvalue weighted by molar-refractivity contribution is 7.14. The number of ether oxygens (including phenoxy) is 1. The van der Waals surface area contributed by atoms with Crippen LogP contribution in [0.15, 0.2) is 59.5 Å². The van der Waals surface area contributed by atoms with Gasteiger partial charge in [0.25, 0.3) is 5.91 Å². The zero-order chi connectivity index (χ0) is 19.9. The normalized spacial score (nSPS) is 11.0. The monoisotopic (exact) mass is 409 g/mol. The fraction of sp³-hybridized carbons (Fsp3) is 0.0952. The van der Waals surface area contributed by atoms with E-state index in [0.29, 0.717) is 22.5 Å². The van der Waals surface area contributed by atoms with E-state index >= 15 is 0 Å². The van der Waals surface area contributed by atoms with Gasteiger partial charge in [0, 0.05) is 16.0 Å². The van der Waals surface area contributed by atoms with Gasteiger partial charge in [0.05, 0.1) is 12.3 Å². The molecule has 7 heteroatoms. The summed E-state index contributed by atoms with van der Waals surface area (Å²) in [5, 5.41) is 14.8. The largest absolute Gasteiger partial charge is 0.494 e. The number of amides is 1. The third kappa shape index (κ3) is 4.77. The molecule has 1 N–H and O–H groups in total. The molecular weight excluding hydrogens is 394 g/mol. The minimum atomic E-state index is -0.517. The summed E-state index contributed by atoms with van der Waals surface area (Å²) in [5.41, 5.74) is 2.16. The molecule has 5 nitrogen and oxygen atoms in total. The van der Waals surface area contributed by atoms with Gasteiger partial charge in [-0.3, -0.25) is 10.1 Å². The summed E-state index contributed by atoms with van der Waals surface area (Å²) in [6.07, 6.45) is 1.52. The number of hydrogen-bond donors (Lipinski definition) is 1. The van der Waals surface area contributed by atoms with E-state index in [0.717, 1.165) is 16.9 Å². The van der Waals surface area contributed by atoms with Crippen LogP contribution in [0.25, 0.3) is 17.3 Å². The molecule has 0 aliphatic heterocycles. The van der Waals surface area contributed by atoms with Gasteiger partial charge >= 0.3 is 0 Å². The zero-order valence-electron chi connectivity index (χ0n) is 15.0. The SMILES string of the molecule is CCOc1ccc(/C=C(\C#N)C(=O)Nc2nc(-c3ccccc3Cl)cs2)cc1. The fourth-order valence-corrected chi connectivity index (χ4v) is 3.37. The van der Waals surface area contributed by atoms with Crippen molar-refractivity contribution in [3.05, 3.63) is 70.1 Å². The van der Waals surface area contributed by atoms with Gasteiger partial charge in [-0.1, -0.05) is 41.9 Å². The van der Waals surface area contributed by atoms with Crippen molar-refractivity contribution in [3.8, 4) is 23.1 Å². The van der Waals surface area contributed by atoms with E-state index in [1.807, 2.05) is 31.2 Å². The van der Waals surface area contributed by atoms with Crippen LogP contribution in [0.4, 0.5) is 5.13 Å². The summed E-state index contributed by atoms with van der Waals surface area (Å²) in [5.74, 6) is 0.217. The Kier molecular flexibility index (Phi) is 6.43. The van der Waals surface area contributed by atoms with Crippen LogP contribution in [-0.2, 0) is 4.79 Å². The smallest absolute Gasteiger partial charge is 0.268 e. The second kappa shape index (κ2) is 9.18. The number of hydrogen-bond acceptors (Lipinski definition) is 5. The van der Waals surface area contributed by atoms with Gasteiger partial charge in [0.1, 0.15) is 17.4 Å². The lowest BCUT2D eigenvalue weighted by Crippen LogP contribution is -2.13. The van der Waals surface area contributed by atoms with Crippen molar-refractivity contribution in [1.82, 2.24) is 4.98 Å². The van der Waals surface area contributed by atoms with E-state index in [2.05, 4.69) is 10.3 Å². The maximum Gasteiger partial charge on any atom is 0.268 e. The second-order valence-corrected chi connectivity index (χ2v) is 6.91. The van der Waals surface area contributed by atoms with Crippen molar-refractivity contribution in [2.24, 2.45) is 0 Å². The number of nitriles is 1. The maximum absolute atomic E-state index is 12.4. The van der Waals surface area contributed by atoms with E-state index in [-0.39, 0.29) is 5.57 Å². The Balaban J connectivity index is 1.74. The standard InChI is InChI=1S/C21H16ClN3O2S/c1-2-27-16-9-7-14(8-10-16)11-15(12-23)20(26)25-21-24-19(13-28-21)17-5-3-4-6-18(17)22/h3-11,13H,2H2,1H3,(H,24,25,26)/b15-11+. The lowest BCUT2D eigenvalue weighted by Gasteiger charge is -2.03. The van der Waals surface area contributed by atoms with E-state index < -0.39 is 5.91 Å². The van der Waals surface area contributed by atoms with Crippen molar-refractivity contribution in [1.29, 1.82) is 5.26 Å². The number of nitrogens with one attached hydrogen (secondary N) is 1.